The Bertz CT molecular complexity index is 624. The molecule has 1 aliphatic rings. The molecule has 0 radical (unpaired) electrons. The van der Waals surface area contributed by atoms with Crippen LogP contribution in [0, 0.1) is 0 Å². The number of esters is 1. The summed E-state index contributed by atoms with van der Waals surface area (Å²) in [5.41, 5.74) is 2.71. The van der Waals surface area contributed by atoms with E-state index in [2.05, 4.69) is 23.3 Å². The number of carbonyl (C=O) groups is 1. The minimum atomic E-state index is -0.291. The van der Waals surface area contributed by atoms with E-state index in [1.165, 1.54) is 13.5 Å². The largest absolute Gasteiger partial charge is 0.465 e. The molecule has 0 amide bonds. The summed E-state index contributed by atoms with van der Waals surface area (Å²) >= 11 is 0. The number of hydrogen-bond acceptors (Lipinski definition) is 3. The Hall–Kier alpha value is -1.81. The van der Waals surface area contributed by atoms with Crippen molar-refractivity contribution in [3.05, 3.63) is 35.5 Å². The molecule has 4 nitrogen and oxygen atoms in total. The van der Waals surface area contributed by atoms with Crippen molar-refractivity contribution >= 4 is 16.9 Å². The van der Waals surface area contributed by atoms with E-state index in [1.807, 2.05) is 12.1 Å². The van der Waals surface area contributed by atoms with Gasteiger partial charge in [0.05, 0.1) is 18.2 Å². The highest BCUT2D eigenvalue weighted by molar-refractivity contribution is 6.04. The Labute approximate surface area is 112 Å². The first kappa shape index (κ1) is 12.2. The third-order valence-electron chi connectivity index (χ3n) is 4.03. The van der Waals surface area contributed by atoms with E-state index in [1.54, 1.807) is 6.07 Å². The predicted octanol–water partition coefficient (Wildman–Crippen LogP) is 2.55. The standard InChI is InChI=1S/C15H18N2O2/c1-15(7-4-8-16-15)13-9-11-10(14(18)19-2)5-3-6-12(11)17-13/h3,5-6,9,16-17H,4,7-8H2,1-2H3. The normalized spacial score (nSPS) is 22.8. The van der Waals surface area contributed by atoms with Gasteiger partial charge in [0.15, 0.2) is 0 Å². The van der Waals surface area contributed by atoms with Gasteiger partial charge >= 0.3 is 5.97 Å². The molecular weight excluding hydrogens is 240 g/mol. The lowest BCUT2D eigenvalue weighted by Gasteiger charge is -2.22. The molecule has 2 aromatic rings. The van der Waals surface area contributed by atoms with Crippen LogP contribution in [0.5, 0.6) is 0 Å². The third kappa shape index (κ3) is 1.92. The Morgan fingerprint density at radius 3 is 2.95 bits per heavy atom. The predicted molar refractivity (Wildman–Crippen MR) is 74.2 cm³/mol. The summed E-state index contributed by atoms with van der Waals surface area (Å²) in [6.07, 6.45) is 2.28. The molecule has 19 heavy (non-hydrogen) atoms. The lowest BCUT2D eigenvalue weighted by molar-refractivity contribution is 0.0603. The number of aromatic amines is 1. The highest BCUT2D eigenvalue weighted by Crippen LogP contribution is 2.32. The number of carbonyl (C=O) groups excluding carboxylic acids is 1. The number of fused-ring (bicyclic) bond motifs is 1. The number of benzene rings is 1. The van der Waals surface area contributed by atoms with E-state index in [0.717, 1.165) is 29.6 Å². The number of nitrogens with one attached hydrogen (secondary N) is 2. The highest BCUT2D eigenvalue weighted by atomic mass is 16.5. The maximum absolute atomic E-state index is 11.8. The summed E-state index contributed by atoms with van der Waals surface area (Å²) in [7, 11) is 1.41. The van der Waals surface area contributed by atoms with Gasteiger partial charge in [0.2, 0.25) is 0 Å². The summed E-state index contributed by atoms with van der Waals surface area (Å²) in [4.78, 5) is 15.2. The first-order valence-corrected chi connectivity index (χ1v) is 6.59. The lowest BCUT2D eigenvalue weighted by Crippen LogP contribution is -2.33. The van der Waals surface area contributed by atoms with E-state index in [4.69, 9.17) is 4.74 Å². The van der Waals surface area contributed by atoms with Crippen LogP contribution in [-0.4, -0.2) is 24.6 Å². The van der Waals surface area contributed by atoms with E-state index >= 15 is 0 Å². The molecule has 0 bridgehead atoms. The summed E-state index contributed by atoms with van der Waals surface area (Å²) in [5, 5.41) is 4.46. The zero-order valence-electron chi connectivity index (χ0n) is 11.2. The molecule has 2 heterocycles. The van der Waals surface area contributed by atoms with Crippen LogP contribution >= 0.6 is 0 Å². The van der Waals surface area contributed by atoms with Gasteiger partial charge in [-0.25, -0.2) is 4.79 Å². The molecule has 4 heteroatoms. The molecule has 0 saturated carbocycles. The van der Waals surface area contributed by atoms with E-state index in [0.29, 0.717) is 5.56 Å². The van der Waals surface area contributed by atoms with Gasteiger partial charge in [0.25, 0.3) is 0 Å². The zero-order chi connectivity index (χ0) is 13.5. The monoisotopic (exact) mass is 258 g/mol. The van der Waals surface area contributed by atoms with Gasteiger partial charge < -0.3 is 15.0 Å². The number of methoxy groups -OCH3 is 1. The minimum Gasteiger partial charge on any atom is -0.465 e. The molecule has 1 aromatic heterocycles. The zero-order valence-corrected chi connectivity index (χ0v) is 11.2. The molecule has 3 rings (SSSR count). The maximum Gasteiger partial charge on any atom is 0.338 e. The molecule has 1 aromatic carbocycles. The van der Waals surface area contributed by atoms with Crippen molar-refractivity contribution in [1.29, 1.82) is 0 Å². The molecule has 1 aliphatic heterocycles. The van der Waals surface area contributed by atoms with Crippen LogP contribution in [0.3, 0.4) is 0 Å². The Morgan fingerprint density at radius 1 is 1.42 bits per heavy atom. The van der Waals surface area contributed by atoms with Crippen LogP contribution in [0.1, 0.15) is 35.8 Å². The quantitative estimate of drug-likeness (QED) is 0.814. The van der Waals surface area contributed by atoms with Crippen LogP contribution in [-0.2, 0) is 10.3 Å². The third-order valence-corrected chi connectivity index (χ3v) is 4.03. The fourth-order valence-corrected chi connectivity index (χ4v) is 2.86. The first-order chi connectivity index (χ1) is 9.14. The van der Waals surface area contributed by atoms with Crippen molar-refractivity contribution in [3.8, 4) is 0 Å². The molecular formula is C15H18N2O2. The van der Waals surface area contributed by atoms with Crippen LogP contribution in [0.4, 0.5) is 0 Å². The summed E-state index contributed by atoms with van der Waals surface area (Å²) < 4.78 is 4.84. The van der Waals surface area contributed by atoms with Crippen molar-refractivity contribution in [2.75, 3.05) is 13.7 Å². The molecule has 0 spiro atoms. The topological polar surface area (TPSA) is 54.1 Å². The molecule has 2 N–H and O–H groups in total. The van der Waals surface area contributed by atoms with Crippen molar-refractivity contribution in [3.63, 3.8) is 0 Å². The van der Waals surface area contributed by atoms with E-state index in [9.17, 15) is 4.79 Å². The fraction of sp³-hybridized carbons (Fsp3) is 0.400. The van der Waals surface area contributed by atoms with Gasteiger partial charge in [0.1, 0.15) is 0 Å². The first-order valence-electron chi connectivity index (χ1n) is 6.59. The number of hydrogen-bond donors (Lipinski definition) is 2. The van der Waals surface area contributed by atoms with Crippen LogP contribution in [0.2, 0.25) is 0 Å². The number of ether oxygens (including phenoxy) is 1. The average Bonchev–Trinajstić information content (AvgIpc) is 3.04. The van der Waals surface area contributed by atoms with Crippen molar-refractivity contribution < 1.29 is 9.53 Å². The second-order valence-corrected chi connectivity index (χ2v) is 5.30. The average molecular weight is 258 g/mol. The molecule has 1 atom stereocenters. The number of rotatable bonds is 2. The SMILES string of the molecule is COC(=O)c1cccc2[nH]c(C3(C)CCCN3)cc12. The fourth-order valence-electron chi connectivity index (χ4n) is 2.86. The van der Waals surface area contributed by atoms with E-state index < -0.39 is 0 Å². The van der Waals surface area contributed by atoms with Crippen molar-refractivity contribution in [2.45, 2.75) is 25.3 Å². The van der Waals surface area contributed by atoms with Gasteiger partial charge in [-0.15, -0.1) is 0 Å². The molecule has 0 aliphatic carbocycles. The van der Waals surface area contributed by atoms with Gasteiger partial charge in [-0.3, -0.25) is 0 Å². The Balaban J connectivity index is 2.13. The Kier molecular flexibility index (Phi) is 2.82. The van der Waals surface area contributed by atoms with Crippen LogP contribution in [0.15, 0.2) is 24.3 Å². The van der Waals surface area contributed by atoms with Crippen LogP contribution in [0.25, 0.3) is 10.9 Å². The smallest absolute Gasteiger partial charge is 0.338 e. The van der Waals surface area contributed by atoms with Gasteiger partial charge in [-0.1, -0.05) is 6.07 Å². The highest BCUT2D eigenvalue weighted by Gasteiger charge is 2.31. The molecule has 100 valence electrons. The summed E-state index contributed by atoms with van der Waals surface area (Å²) in [5.74, 6) is -0.291. The maximum atomic E-state index is 11.8. The van der Waals surface area contributed by atoms with Crippen LogP contribution < -0.4 is 5.32 Å². The lowest BCUT2D eigenvalue weighted by atomic mass is 9.96. The second-order valence-electron chi connectivity index (χ2n) is 5.30. The summed E-state index contributed by atoms with van der Waals surface area (Å²) in [6, 6.07) is 7.74. The van der Waals surface area contributed by atoms with Gasteiger partial charge in [-0.2, -0.15) is 0 Å². The van der Waals surface area contributed by atoms with Gasteiger partial charge in [0, 0.05) is 16.6 Å². The van der Waals surface area contributed by atoms with Gasteiger partial charge in [-0.05, 0) is 44.5 Å². The van der Waals surface area contributed by atoms with Crippen molar-refractivity contribution in [1.82, 2.24) is 10.3 Å². The number of aromatic nitrogens is 1. The summed E-state index contributed by atoms with van der Waals surface area (Å²) in [6.45, 7) is 3.23. The van der Waals surface area contributed by atoms with E-state index in [-0.39, 0.29) is 11.5 Å². The van der Waals surface area contributed by atoms with Crippen molar-refractivity contribution in [2.24, 2.45) is 0 Å². The molecule has 1 saturated heterocycles. The minimum absolute atomic E-state index is 0.0214. The molecule has 1 fully saturated rings. The molecule has 1 unspecified atom stereocenters. The second kappa shape index (κ2) is 4.38. The number of H-pyrrole nitrogens is 1. The Morgan fingerprint density at radius 2 is 2.26 bits per heavy atom.